The number of halogens is 2. The number of carbonyl (C=O) groups excluding carboxylic acids is 2. The first-order valence-electron chi connectivity index (χ1n) is 12.3. The van der Waals surface area contributed by atoms with Gasteiger partial charge in [-0.1, -0.05) is 48.0 Å². The second-order valence-electron chi connectivity index (χ2n) is 9.06. The van der Waals surface area contributed by atoms with Crippen molar-refractivity contribution in [1.29, 1.82) is 0 Å². The second-order valence-corrected chi connectivity index (χ2v) is 9.50. The van der Waals surface area contributed by atoms with Gasteiger partial charge in [0.05, 0.1) is 0 Å². The van der Waals surface area contributed by atoms with Crippen LogP contribution in [-0.4, -0.2) is 66.0 Å². The van der Waals surface area contributed by atoms with Gasteiger partial charge in [0.2, 0.25) is 0 Å². The molecule has 4 rings (SSSR count). The van der Waals surface area contributed by atoms with Gasteiger partial charge in [-0.2, -0.15) is 0 Å². The lowest BCUT2D eigenvalue weighted by Crippen LogP contribution is -2.51. The van der Waals surface area contributed by atoms with Crippen LogP contribution in [0.2, 0.25) is 5.02 Å². The van der Waals surface area contributed by atoms with Crippen LogP contribution in [0.3, 0.4) is 0 Å². The Morgan fingerprint density at radius 2 is 1.68 bits per heavy atom. The first-order valence-corrected chi connectivity index (χ1v) is 12.6. The summed E-state index contributed by atoms with van der Waals surface area (Å²) in [5, 5.41) is 6.42. The van der Waals surface area contributed by atoms with E-state index in [2.05, 4.69) is 15.5 Å². The lowest BCUT2D eigenvalue weighted by molar-refractivity contribution is 0.136. The number of aryl methyl sites for hydroxylation is 1. The first kappa shape index (κ1) is 26.4. The van der Waals surface area contributed by atoms with E-state index in [1.165, 1.54) is 12.1 Å². The fraction of sp³-hybridized carbons (Fsp3) is 0.286. The van der Waals surface area contributed by atoms with Crippen molar-refractivity contribution >= 4 is 35.0 Å². The molecule has 9 heteroatoms. The van der Waals surface area contributed by atoms with E-state index in [9.17, 15) is 14.0 Å². The molecule has 37 heavy (non-hydrogen) atoms. The number of rotatable bonds is 7. The van der Waals surface area contributed by atoms with Crippen LogP contribution in [0.4, 0.5) is 25.4 Å². The van der Waals surface area contributed by atoms with E-state index >= 15 is 0 Å². The quantitative estimate of drug-likeness (QED) is 0.419. The van der Waals surface area contributed by atoms with Crippen LogP contribution in [-0.2, 0) is 6.54 Å². The van der Waals surface area contributed by atoms with Crippen LogP contribution in [0.1, 0.15) is 11.1 Å². The van der Waals surface area contributed by atoms with Crippen LogP contribution in [0, 0.1) is 12.7 Å². The van der Waals surface area contributed by atoms with Crippen molar-refractivity contribution in [2.75, 3.05) is 49.9 Å². The molecule has 0 aromatic heterocycles. The SMILES string of the molecule is Cc1ccccc1NC(=O)N1CCN(CCN(Cc2ccc(F)cc2)C(=O)Nc2cccc(Cl)c2)CC1. The van der Waals surface area contributed by atoms with Crippen LogP contribution >= 0.6 is 11.6 Å². The molecular weight excluding hydrogens is 493 g/mol. The molecule has 0 saturated carbocycles. The normalized spacial score (nSPS) is 13.8. The number of para-hydroxylation sites is 1. The third-order valence-electron chi connectivity index (χ3n) is 6.38. The minimum absolute atomic E-state index is 0.104. The molecule has 0 radical (unpaired) electrons. The zero-order valence-corrected chi connectivity index (χ0v) is 21.5. The van der Waals surface area contributed by atoms with Gasteiger partial charge < -0.3 is 20.4 Å². The third kappa shape index (κ3) is 7.68. The molecule has 1 heterocycles. The van der Waals surface area contributed by atoms with Gasteiger partial charge in [0.15, 0.2) is 0 Å². The average molecular weight is 524 g/mol. The van der Waals surface area contributed by atoms with E-state index in [0.717, 1.165) is 16.8 Å². The predicted octanol–water partition coefficient (Wildman–Crippen LogP) is 5.67. The van der Waals surface area contributed by atoms with Crippen molar-refractivity contribution in [2.45, 2.75) is 13.5 Å². The molecule has 1 fully saturated rings. The summed E-state index contributed by atoms with van der Waals surface area (Å²) in [6.45, 7) is 6.05. The summed E-state index contributed by atoms with van der Waals surface area (Å²) in [6.07, 6.45) is 0. The van der Waals surface area contributed by atoms with E-state index in [0.29, 0.717) is 56.5 Å². The smallest absolute Gasteiger partial charge is 0.322 e. The Kier molecular flexibility index (Phi) is 8.98. The number of carbonyl (C=O) groups is 2. The van der Waals surface area contributed by atoms with Gasteiger partial charge >= 0.3 is 12.1 Å². The lowest BCUT2D eigenvalue weighted by Gasteiger charge is -2.36. The zero-order valence-electron chi connectivity index (χ0n) is 20.8. The maximum Gasteiger partial charge on any atom is 0.322 e. The second kappa shape index (κ2) is 12.6. The largest absolute Gasteiger partial charge is 0.322 e. The number of nitrogens with zero attached hydrogens (tertiary/aromatic N) is 3. The summed E-state index contributed by atoms with van der Waals surface area (Å²) in [5.41, 5.74) is 3.28. The number of hydrogen-bond acceptors (Lipinski definition) is 3. The van der Waals surface area contributed by atoms with Gasteiger partial charge in [-0.3, -0.25) is 4.90 Å². The summed E-state index contributed by atoms with van der Waals surface area (Å²) in [4.78, 5) is 31.6. The molecule has 7 nitrogen and oxygen atoms in total. The number of hydrogen-bond donors (Lipinski definition) is 2. The molecule has 194 valence electrons. The Morgan fingerprint density at radius 3 is 2.38 bits per heavy atom. The lowest BCUT2D eigenvalue weighted by atomic mass is 10.2. The van der Waals surface area contributed by atoms with Crippen LogP contribution in [0.5, 0.6) is 0 Å². The molecule has 0 unspecified atom stereocenters. The number of benzene rings is 3. The average Bonchev–Trinajstić information content (AvgIpc) is 2.89. The highest BCUT2D eigenvalue weighted by Crippen LogP contribution is 2.17. The predicted molar refractivity (Wildman–Crippen MR) is 145 cm³/mol. The Labute approximate surface area is 221 Å². The first-order chi connectivity index (χ1) is 17.9. The summed E-state index contributed by atoms with van der Waals surface area (Å²) in [5.74, 6) is -0.317. The van der Waals surface area contributed by atoms with Crippen molar-refractivity contribution in [3.63, 3.8) is 0 Å². The number of urea groups is 2. The van der Waals surface area contributed by atoms with Gasteiger partial charge in [-0.25, -0.2) is 14.0 Å². The molecule has 3 aromatic rings. The topological polar surface area (TPSA) is 67.9 Å². The van der Waals surface area contributed by atoms with Crippen LogP contribution in [0.15, 0.2) is 72.8 Å². The van der Waals surface area contributed by atoms with Crippen LogP contribution < -0.4 is 10.6 Å². The van der Waals surface area contributed by atoms with E-state index in [4.69, 9.17) is 11.6 Å². The molecule has 1 saturated heterocycles. The Hall–Kier alpha value is -3.62. The molecule has 1 aliphatic heterocycles. The minimum Gasteiger partial charge on any atom is -0.322 e. The molecule has 2 N–H and O–H groups in total. The van der Waals surface area contributed by atoms with E-state index in [1.807, 2.05) is 36.1 Å². The van der Waals surface area contributed by atoms with Gasteiger partial charge in [-0.05, 0) is 54.4 Å². The highest BCUT2D eigenvalue weighted by Gasteiger charge is 2.23. The van der Waals surface area contributed by atoms with Gasteiger partial charge in [0.25, 0.3) is 0 Å². The van der Waals surface area contributed by atoms with Crippen molar-refractivity contribution in [1.82, 2.24) is 14.7 Å². The summed E-state index contributed by atoms with van der Waals surface area (Å²) >= 11 is 6.06. The van der Waals surface area contributed by atoms with Crippen LogP contribution in [0.25, 0.3) is 0 Å². The summed E-state index contributed by atoms with van der Waals surface area (Å²) < 4.78 is 13.4. The molecule has 0 bridgehead atoms. The zero-order chi connectivity index (χ0) is 26.2. The number of anilines is 2. The molecule has 4 amide bonds. The Bertz CT molecular complexity index is 1220. The molecule has 1 aliphatic rings. The molecular formula is C28H31ClFN5O2. The Morgan fingerprint density at radius 1 is 0.946 bits per heavy atom. The standard InChI is InChI=1S/C28H31ClFN5O2/c1-21-5-2-3-8-26(21)32-28(37)34-16-13-33(14-17-34)15-18-35(20-22-9-11-24(30)12-10-22)27(36)31-25-7-4-6-23(29)19-25/h2-12,19H,13-18,20H2,1H3,(H,31,36)(H,32,37). The van der Waals surface area contributed by atoms with Gasteiger partial charge in [0.1, 0.15) is 5.82 Å². The molecule has 0 spiro atoms. The summed E-state index contributed by atoms with van der Waals surface area (Å²) in [6, 6.07) is 20.5. The monoisotopic (exact) mass is 523 g/mol. The van der Waals surface area contributed by atoms with Gasteiger partial charge in [0, 0.05) is 62.2 Å². The Balaban J connectivity index is 1.32. The van der Waals surface area contributed by atoms with E-state index in [-0.39, 0.29) is 17.9 Å². The number of piperazine rings is 1. The van der Waals surface area contributed by atoms with E-state index < -0.39 is 0 Å². The molecule has 0 atom stereocenters. The maximum atomic E-state index is 13.4. The highest BCUT2D eigenvalue weighted by atomic mass is 35.5. The van der Waals surface area contributed by atoms with E-state index in [1.54, 1.807) is 41.3 Å². The minimum atomic E-state index is -0.317. The summed E-state index contributed by atoms with van der Waals surface area (Å²) in [7, 11) is 0. The molecule has 0 aliphatic carbocycles. The number of nitrogens with one attached hydrogen (secondary N) is 2. The fourth-order valence-electron chi connectivity index (χ4n) is 4.18. The van der Waals surface area contributed by atoms with Crippen molar-refractivity contribution in [3.05, 3.63) is 94.8 Å². The highest BCUT2D eigenvalue weighted by molar-refractivity contribution is 6.30. The maximum absolute atomic E-state index is 13.4. The van der Waals surface area contributed by atoms with Crippen molar-refractivity contribution in [3.8, 4) is 0 Å². The van der Waals surface area contributed by atoms with Crippen molar-refractivity contribution < 1.29 is 14.0 Å². The number of amides is 4. The third-order valence-corrected chi connectivity index (χ3v) is 6.62. The fourth-order valence-corrected chi connectivity index (χ4v) is 4.37. The molecule has 3 aromatic carbocycles. The van der Waals surface area contributed by atoms with Gasteiger partial charge in [-0.15, -0.1) is 0 Å². The van der Waals surface area contributed by atoms with Crippen molar-refractivity contribution in [2.24, 2.45) is 0 Å².